The summed E-state index contributed by atoms with van der Waals surface area (Å²) in [5, 5.41) is 0.397. The van der Waals surface area contributed by atoms with Gasteiger partial charge in [-0.25, -0.2) is 9.78 Å². The van der Waals surface area contributed by atoms with E-state index >= 15 is 0 Å². The standard InChI is InChI=1S/C12H5ClN2O4S/c13-8-5-14-9(20-8)12(18)19-15-10(16)6-3-1-2-4-7(6)11(15)17/h1-5H. The Morgan fingerprint density at radius 2 is 1.80 bits per heavy atom. The lowest BCUT2D eigenvalue weighted by molar-refractivity contribution is -0.0584. The number of imide groups is 1. The molecule has 0 N–H and O–H groups in total. The minimum absolute atomic E-state index is 0.0356. The zero-order valence-electron chi connectivity index (χ0n) is 9.70. The molecule has 1 aliphatic rings. The first-order valence-corrected chi connectivity index (χ1v) is 6.59. The van der Waals surface area contributed by atoms with Crippen LogP contribution in [0.2, 0.25) is 4.34 Å². The Hall–Kier alpha value is -2.25. The van der Waals surface area contributed by atoms with E-state index < -0.39 is 17.8 Å². The molecule has 0 radical (unpaired) electrons. The number of amides is 2. The number of fused-ring (bicyclic) bond motifs is 1. The number of carbonyl (C=O) groups excluding carboxylic acids is 3. The van der Waals surface area contributed by atoms with Crippen molar-refractivity contribution in [3.8, 4) is 0 Å². The highest BCUT2D eigenvalue weighted by Gasteiger charge is 2.39. The Morgan fingerprint density at radius 3 is 2.30 bits per heavy atom. The summed E-state index contributed by atoms with van der Waals surface area (Å²) in [6.45, 7) is 0. The SMILES string of the molecule is O=C(ON1C(=O)c2ccccc2C1=O)c1ncc(Cl)s1. The maximum atomic E-state index is 12.0. The van der Waals surface area contributed by atoms with E-state index in [1.165, 1.54) is 18.3 Å². The van der Waals surface area contributed by atoms with Crippen LogP contribution in [0.5, 0.6) is 0 Å². The molecule has 8 heteroatoms. The topological polar surface area (TPSA) is 76.6 Å². The van der Waals surface area contributed by atoms with E-state index in [0.717, 1.165) is 11.3 Å². The van der Waals surface area contributed by atoms with Crippen molar-refractivity contribution in [2.24, 2.45) is 0 Å². The summed E-state index contributed by atoms with van der Waals surface area (Å²) in [4.78, 5) is 44.2. The molecular formula is C12H5ClN2O4S. The second-order valence-corrected chi connectivity index (χ2v) is 5.46. The Labute approximate surface area is 121 Å². The van der Waals surface area contributed by atoms with Gasteiger partial charge in [-0.05, 0) is 12.1 Å². The van der Waals surface area contributed by atoms with Crippen LogP contribution in [0, 0.1) is 0 Å². The molecule has 0 bridgehead atoms. The first-order valence-electron chi connectivity index (χ1n) is 5.39. The minimum Gasteiger partial charge on any atom is -0.322 e. The van der Waals surface area contributed by atoms with Crippen LogP contribution >= 0.6 is 22.9 Å². The zero-order valence-corrected chi connectivity index (χ0v) is 11.3. The summed E-state index contributed by atoms with van der Waals surface area (Å²) in [6.07, 6.45) is 1.28. The van der Waals surface area contributed by atoms with Crippen LogP contribution in [0.3, 0.4) is 0 Å². The van der Waals surface area contributed by atoms with Crippen LogP contribution in [0.4, 0.5) is 0 Å². The highest BCUT2D eigenvalue weighted by molar-refractivity contribution is 7.17. The average Bonchev–Trinajstić information content (AvgIpc) is 2.98. The van der Waals surface area contributed by atoms with E-state index in [9.17, 15) is 14.4 Å². The van der Waals surface area contributed by atoms with Gasteiger partial charge in [0.25, 0.3) is 11.8 Å². The quantitative estimate of drug-likeness (QED) is 0.795. The summed E-state index contributed by atoms with van der Waals surface area (Å²) in [6, 6.07) is 6.22. The molecule has 0 atom stereocenters. The van der Waals surface area contributed by atoms with Gasteiger partial charge in [-0.2, -0.15) is 0 Å². The van der Waals surface area contributed by atoms with Crippen molar-refractivity contribution in [3.63, 3.8) is 0 Å². The number of aromatic nitrogens is 1. The number of hydrogen-bond donors (Lipinski definition) is 0. The molecule has 0 aliphatic carbocycles. The van der Waals surface area contributed by atoms with E-state index in [1.807, 2.05) is 0 Å². The Kier molecular flexibility index (Phi) is 3.00. The first kappa shape index (κ1) is 12.8. The Bertz CT molecular complexity index is 708. The second-order valence-electron chi connectivity index (χ2n) is 3.80. The van der Waals surface area contributed by atoms with Crippen molar-refractivity contribution in [2.45, 2.75) is 0 Å². The van der Waals surface area contributed by atoms with Crippen molar-refractivity contribution < 1.29 is 19.2 Å². The number of nitrogens with zero attached hydrogens (tertiary/aromatic N) is 2. The maximum absolute atomic E-state index is 12.0. The third-order valence-electron chi connectivity index (χ3n) is 2.58. The molecule has 6 nitrogen and oxygen atoms in total. The summed E-state index contributed by atoms with van der Waals surface area (Å²) >= 11 is 6.55. The smallest absolute Gasteiger partial charge is 0.322 e. The minimum atomic E-state index is -0.906. The molecule has 2 aromatic rings. The van der Waals surface area contributed by atoms with Crippen molar-refractivity contribution in [2.75, 3.05) is 0 Å². The van der Waals surface area contributed by atoms with Gasteiger partial charge in [0.1, 0.15) is 4.34 Å². The van der Waals surface area contributed by atoms with E-state index in [0.29, 0.717) is 9.40 Å². The molecule has 2 amide bonds. The average molecular weight is 309 g/mol. The normalized spacial score (nSPS) is 13.6. The zero-order chi connectivity index (χ0) is 14.3. The molecule has 2 heterocycles. The van der Waals surface area contributed by atoms with Gasteiger partial charge in [0.2, 0.25) is 5.01 Å². The fraction of sp³-hybridized carbons (Fsp3) is 0. The number of rotatable bonds is 2. The van der Waals surface area contributed by atoms with Crippen LogP contribution in [0.1, 0.15) is 30.5 Å². The van der Waals surface area contributed by atoms with Gasteiger partial charge in [-0.3, -0.25) is 9.59 Å². The molecule has 1 aliphatic heterocycles. The van der Waals surface area contributed by atoms with Crippen LogP contribution in [-0.4, -0.2) is 27.8 Å². The molecule has 0 saturated carbocycles. The molecule has 100 valence electrons. The number of hydrogen-bond acceptors (Lipinski definition) is 6. The van der Waals surface area contributed by atoms with Gasteiger partial charge in [0.15, 0.2) is 0 Å². The number of hydroxylamine groups is 2. The van der Waals surface area contributed by atoms with E-state index in [4.69, 9.17) is 16.4 Å². The molecular weight excluding hydrogens is 304 g/mol. The number of halogens is 1. The van der Waals surface area contributed by atoms with Crippen molar-refractivity contribution in [3.05, 3.63) is 50.9 Å². The van der Waals surface area contributed by atoms with Gasteiger partial charge in [0, 0.05) is 0 Å². The number of carbonyl (C=O) groups is 3. The number of benzene rings is 1. The monoisotopic (exact) mass is 308 g/mol. The Morgan fingerprint density at radius 1 is 1.20 bits per heavy atom. The third kappa shape index (κ3) is 1.97. The lowest BCUT2D eigenvalue weighted by atomic mass is 10.1. The van der Waals surface area contributed by atoms with Gasteiger partial charge < -0.3 is 4.84 Å². The fourth-order valence-corrected chi connectivity index (χ4v) is 2.50. The van der Waals surface area contributed by atoms with Gasteiger partial charge in [-0.15, -0.1) is 0 Å². The predicted molar refractivity (Wildman–Crippen MR) is 69.5 cm³/mol. The summed E-state index contributed by atoms with van der Waals surface area (Å²) < 4.78 is 0.305. The molecule has 20 heavy (non-hydrogen) atoms. The third-order valence-corrected chi connectivity index (χ3v) is 3.68. The van der Waals surface area contributed by atoms with Gasteiger partial charge >= 0.3 is 5.97 Å². The van der Waals surface area contributed by atoms with Crippen molar-refractivity contribution in [1.29, 1.82) is 0 Å². The molecule has 0 unspecified atom stereocenters. The van der Waals surface area contributed by atoms with E-state index in [-0.39, 0.29) is 16.1 Å². The largest absolute Gasteiger partial charge is 0.392 e. The lowest BCUT2D eigenvalue weighted by Crippen LogP contribution is -2.32. The van der Waals surface area contributed by atoms with Gasteiger partial charge in [-0.1, -0.05) is 40.1 Å². The second kappa shape index (κ2) is 4.69. The summed E-state index contributed by atoms with van der Waals surface area (Å²) in [5.41, 5.74) is 0.393. The van der Waals surface area contributed by atoms with Crippen LogP contribution in [-0.2, 0) is 4.84 Å². The van der Waals surface area contributed by atoms with Crippen LogP contribution in [0.25, 0.3) is 0 Å². The van der Waals surface area contributed by atoms with Gasteiger partial charge in [0.05, 0.1) is 17.3 Å². The molecule has 1 aromatic carbocycles. The molecule has 3 rings (SSSR count). The summed E-state index contributed by atoms with van der Waals surface area (Å²) in [7, 11) is 0. The van der Waals surface area contributed by atoms with E-state index in [1.54, 1.807) is 12.1 Å². The van der Waals surface area contributed by atoms with E-state index in [2.05, 4.69) is 4.98 Å². The Balaban J connectivity index is 1.85. The maximum Gasteiger partial charge on any atom is 0.392 e. The molecule has 1 aromatic heterocycles. The highest BCUT2D eigenvalue weighted by atomic mass is 35.5. The van der Waals surface area contributed by atoms with Crippen molar-refractivity contribution in [1.82, 2.24) is 10.0 Å². The lowest BCUT2D eigenvalue weighted by Gasteiger charge is -2.11. The predicted octanol–water partition coefficient (Wildman–Crippen LogP) is 2.16. The molecule has 0 fully saturated rings. The first-order chi connectivity index (χ1) is 9.58. The van der Waals surface area contributed by atoms with Crippen molar-refractivity contribution >= 4 is 40.7 Å². The van der Waals surface area contributed by atoms with Crippen LogP contribution < -0.4 is 0 Å². The fourth-order valence-electron chi connectivity index (χ4n) is 1.72. The molecule has 0 saturated heterocycles. The highest BCUT2D eigenvalue weighted by Crippen LogP contribution is 2.24. The molecule has 0 spiro atoms. The van der Waals surface area contributed by atoms with Crippen LogP contribution in [0.15, 0.2) is 30.5 Å². The number of thiazole rings is 1. The summed E-state index contributed by atoms with van der Waals surface area (Å²) in [5.74, 6) is -2.26.